The quantitative estimate of drug-likeness (QED) is 0.889. The highest BCUT2D eigenvalue weighted by Crippen LogP contribution is 2.23. The second kappa shape index (κ2) is 6.08. The number of benzene rings is 2. The predicted molar refractivity (Wildman–Crippen MR) is 87.9 cm³/mol. The Kier molecular flexibility index (Phi) is 4.16. The lowest BCUT2D eigenvalue weighted by Gasteiger charge is -2.30. The fraction of sp³-hybridized carbons (Fsp3) is 0.294. The van der Waals surface area contributed by atoms with Crippen molar-refractivity contribution >= 4 is 38.6 Å². The Morgan fingerprint density at radius 1 is 1.05 bits per heavy atom. The molecule has 1 aliphatic rings. The van der Waals surface area contributed by atoms with Gasteiger partial charge in [0.2, 0.25) is 0 Å². The summed E-state index contributed by atoms with van der Waals surface area (Å²) in [4.78, 5) is 25.3. The van der Waals surface area contributed by atoms with Crippen LogP contribution in [0.2, 0.25) is 0 Å². The minimum atomic E-state index is -0.761. The molecule has 0 aliphatic carbocycles. The SMILES string of the molecule is O=C(O)C1CCN(C(=O)c2ccc3cc(Br)ccc3c2)CC1. The van der Waals surface area contributed by atoms with E-state index in [2.05, 4.69) is 15.9 Å². The normalized spacial score (nSPS) is 16.0. The molecule has 2 aromatic rings. The van der Waals surface area contributed by atoms with E-state index in [-0.39, 0.29) is 11.8 Å². The van der Waals surface area contributed by atoms with Gasteiger partial charge in [-0.1, -0.05) is 28.1 Å². The van der Waals surface area contributed by atoms with Gasteiger partial charge < -0.3 is 10.0 Å². The largest absolute Gasteiger partial charge is 0.481 e. The van der Waals surface area contributed by atoms with E-state index >= 15 is 0 Å². The van der Waals surface area contributed by atoms with Gasteiger partial charge in [-0.15, -0.1) is 0 Å². The second-order valence-corrected chi connectivity index (χ2v) is 6.53. The smallest absolute Gasteiger partial charge is 0.306 e. The lowest BCUT2D eigenvalue weighted by Crippen LogP contribution is -2.40. The number of hydrogen-bond acceptors (Lipinski definition) is 2. The molecule has 0 aromatic heterocycles. The Bertz CT molecular complexity index is 736. The number of carbonyl (C=O) groups excluding carboxylic acids is 1. The third kappa shape index (κ3) is 2.99. The van der Waals surface area contributed by atoms with Crippen LogP contribution in [0.4, 0.5) is 0 Å². The molecule has 4 nitrogen and oxygen atoms in total. The molecule has 5 heteroatoms. The van der Waals surface area contributed by atoms with Crippen LogP contribution in [0.25, 0.3) is 10.8 Å². The molecule has 0 bridgehead atoms. The average Bonchev–Trinajstić information content (AvgIpc) is 2.53. The van der Waals surface area contributed by atoms with Gasteiger partial charge >= 0.3 is 5.97 Å². The number of aliphatic carboxylic acids is 1. The molecule has 1 saturated heterocycles. The van der Waals surface area contributed by atoms with E-state index in [4.69, 9.17) is 5.11 Å². The van der Waals surface area contributed by atoms with Crippen molar-refractivity contribution in [2.24, 2.45) is 5.92 Å². The van der Waals surface area contributed by atoms with Crippen molar-refractivity contribution in [2.75, 3.05) is 13.1 Å². The third-order valence-electron chi connectivity index (χ3n) is 4.18. The Balaban J connectivity index is 1.78. The number of fused-ring (bicyclic) bond motifs is 1. The van der Waals surface area contributed by atoms with Crippen LogP contribution in [0.5, 0.6) is 0 Å². The van der Waals surface area contributed by atoms with Crippen molar-refractivity contribution in [3.8, 4) is 0 Å². The minimum Gasteiger partial charge on any atom is -0.481 e. The van der Waals surface area contributed by atoms with Crippen molar-refractivity contribution in [2.45, 2.75) is 12.8 Å². The predicted octanol–water partition coefficient (Wildman–Crippen LogP) is 3.54. The third-order valence-corrected chi connectivity index (χ3v) is 4.67. The zero-order valence-corrected chi connectivity index (χ0v) is 13.5. The minimum absolute atomic E-state index is 0.0198. The van der Waals surface area contributed by atoms with Crippen LogP contribution in [-0.4, -0.2) is 35.0 Å². The lowest BCUT2D eigenvalue weighted by molar-refractivity contribution is -0.143. The number of piperidine rings is 1. The summed E-state index contributed by atoms with van der Waals surface area (Å²) < 4.78 is 1.01. The first kappa shape index (κ1) is 15.0. The summed E-state index contributed by atoms with van der Waals surface area (Å²) in [6, 6.07) is 11.6. The highest BCUT2D eigenvalue weighted by atomic mass is 79.9. The maximum Gasteiger partial charge on any atom is 0.306 e. The van der Waals surface area contributed by atoms with Crippen LogP contribution < -0.4 is 0 Å². The number of hydrogen-bond donors (Lipinski definition) is 1. The maximum absolute atomic E-state index is 12.6. The summed E-state index contributed by atoms with van der Waals surface area (Å²) in [5.41, 5.74) is 0.656. The zero-order valence-electron chi connectivity index (χ0n) is 12.0. The first-order valence-electron chi connectivity index (χ1n) is 7.26. The molecule has 0 saturated carbocycles. The van der Waals surface area contributed by atoms with Crippen molar-refractivity contribution < 1.29 is 14.7 Å². The average molecular weight is 362 g/mol. The van der Waals surface area contributed by atoms with E-state index < -0.39 is 5.97 Å². The Labute approximate surface area is 136 Å². The molecule has 22 heavy (non-hydrogen) atoms. The van der Waals surface area contributed by atoms with Crippen LogP contribution in [0, 0.1) is 5.92 Å². The molecule has 0 spiro atoms. The summed E-state index contributed by atoms with van der Waals surface area (Å²) in [6.45, 7) is 1.02. The Morgan fingerprint density at radius 3 is 2.36 bits per heavy atom. The number of carboxylic acids is 1. The highest BCUT2D eigenvalue weighted by Gasteiger charge is 2.27. The number of likely N-dealkylation sites (tertiary alicyclic amines) is 1. The fourth-order valence-electron chi connectivity index (χ4n) is 2.86. The van der Waals surface area contributed by atoms with Gasteiger partial charge in [-0.05, 0) is 47.9 Å². The van der Waals surface area contributed by atoms with Gasteiger partial charge in [0.1, 0.15) is 0 Å². The van der Waals surface area contributed by atoms with Crippen LogP contribution in [0.3, 0.4) is 0 Å². The number of nitrogens with zero attached hydrogens (tertiary/aromatic N) is 1. The molecule has 1 amide bonds. The number of carbonyl (C=O) groups is 2. The van der Waals surface area contributed by atoms with Crippen molar-refractivity contribution in [1.82, 2.24) is 4.90 Å². The van der Waals surface area contributed by atoms with E-state index in [9.17, 15) is 9.59 Å². The van der Waals surface area contributed by atoms with E-state index in [0.717, 1.165) is 15.2 Å². The van der Waals surface area contributed by atoms with Gasteiger partial charge in [-0.3, -0.25) is 9.59 Å². The summed E-state index contributed by atoms with van der Waals surface area (Å²) in [6.07, 6.45) is 1.06. The lowest BCUT2D eigenvalue weighted by atomic mass is 9.96. The number of rotatable bonds is 2. The van der Waals surface area contributed by atoms with Gasteiger partial charge in [0, 0.05) is 23.1 Å². The summed E-state index contributed by atoms with van der Waals surface area (Å²) in [5.74, 6) is -1.10. The van der Waals surface area contributed by atoms with Crippen LogP contribution >= 0.6 is 15.9 Å². The van der Waals surface area contributed by atoms with E-state index in [1.807, 2.05) is 36.4 Å². The van der Waals surface area contributed by atoms with E-state index in [1.54, 1.807) is 4.90 Å². The zero-order chi connectivity index (χ0) is 15.7. The van der Waals surface area contributed by atoms with Gasteiger partial charge in [0.25, 0.3) is 5.91 Å². The standard InChI is InChI=1S/C17H16BrNO3/c18-15-4-3-12-9-14(2-1-13(12)10-15)16(20)19-7-5-11(6-8-19)17(21)22/h1-4,9-11H,5-8H2,(H,21,22). The summed E-state index contributed by atoms with van der Waals surface area (Å²) >= 11 is 3.44. The molecule has 2 aromatic carbocycles. The molecule has 0 atom stereocenters. The van der Waals surface area contributed by atoms with Gasteiger partial charge in [-0.25, -0.2) is 0 Å². The fourth-order valence-corrected chi connectivity index (χ4v) is 3.24. The molecule has 114 valence electrons. The van der Waals surface area contributed by atoms with Crippen molar-refractivity contribution in [1.29, 1.82) is 0 Å². The first-order valence-corrected chi connectivity index (χ1v) is 8.05. The van der Waals surface area contributed by atoms with Gasteiger partial charge in [0.15, 0.2) is 0 Å². The van der Waals surface area contributed by atoms with E-state index in [1.165, 1.54) is 0 Å². The molecule has 1 aliphatic heterocycles. The molecule has 1 N–H and O–H groups in total. The molecular formula is C17H16BrNO3. The molecule has 1 heterocycles. The van der Waals surface area contributed by atoms with Crippen LogP contribution in [-0.2, 0) is 4.79 Å². The number of amides is 1. The number of carboxylic acid groups (broad SMARTS) is 1. The molecule has 1 fully saturated rings. The molecule has 0 radical (unpaired) electrons. The molecule has 3 rings (SSSR count). The maximum atomic E-state index is 12.6. The van der Waals surface area contributed by atoms with Gasteiger partial charge in [0.05, 0.1) is 5.92 Å². The second-order valence-electron chi connectivity index (χ2n) is 5.61. The highest BCUT2D eigenvalue weighted by molar-refractivity contribution is 9.10. The molecule has 0 unspecified atom stereocenters. The number of halogens is 1. The Hall–Kier alpha value is -1.88. The monoisotopic (exact) mass is 361 g/mol. The topological polar surface area (TPSA) is 57.6 Å². The molecular weight excluding hydrogens is 346 g/mol. The van der Waals surface area contributed by atoms with E-state index in [0.29, 0.717) is 31.5 Å². The summed E-state index contributed by atoms with van der Waals surface area (Å²) in [5, 5.41) is 11.1. The Morgan fingerprint density at radius 2 is 1.68 bits per heavy atom. The van der Waals surface area contributed by atoms with Gasteiger partial charge in [-0.2, -0.15) is 0 Å². The van der Waals surface area contributed by atoms with Crippen LogP contribution in [0.15, 0.2) is 40.9 Å². The van der Waals surface area contributed by atoms with Crippen molar-refractivity contribution in [3.63, 3.8) is 0 Å². The van der Waals surface area contributed by atoms with Crippen LogP contribution in [0.1, 0.15) is 23.2 Å². The first-order chi connectivity index (χ1) is 10.5. The van der Waals surface area contributed by atoms with Crippen molar-refractivity contribution in [3.05, 3.63) is 46.4 Å². The summed E-state index contributed by atoms with van der Waals surface area (Å²) in [7, 11) is 0.